The third-order valence-corrected chi connectivity index (χ3v) is 7.26. The topological polar surface area (TPSA) is 79.6 Å². The van der Waals surface area contributed by atoms with E-state index in [9.17, 15) is 17.2 Å². The number of hydrogen-bond acceptors (Lipinski definition) is 5. The highest BCUT2D eigenvalue weighted by atomic mass is 35.5. The van der Waals surface area contributed by atoms with Crippen LogP contribution in [0.4, 0.5) is 14.7 Å². The van der Waals surface area contributed by atoms with Crippen molar-refractivity contribution in [1.29, 1.82) is 0 Å². The van der Waals surface area contributed by atoms with E-state index in [2.05, 4.69) is 15.4 Å². The number of piperidine rings is 1. The van der Waals surface area contributed by atoms with E-state index in [0.29, 0.717) is 5.69 Å². The van der Waals surface area contributed by atoms with Gasteiger partial charge >= 0.3 is 0 Å². The van der Waals surface area contributed by atoms with E-state index in [4.69, 9.17) is 11.6 Å². The minimum atomic E-state index is -3.43. The fourth-order valence-corrected chi connectivity index (χ4v) is 5.31. The molecule has 0 aromatic carbocycles. The lowest BCUT2D eigenvalue weighted by molar-refractivity contribution is 0.186. The van der Waals surface area contributed by atoms with Gasteiger partial charge in [-0.05, 0) is 19.3 Å². The standard InChI is InChI=1S/C17H22ClF2N5O2S/c1-28(26,27)24-7-6-12(11(19)9-24)22-17-21-8-13-15(20)14(18)16(25(13)23-17)10-4-2-3-5-10/h8,10-12H,2-7,9H2,1H3,(H,22,23)/t11-,12-/m1/s1. The number of nitrogens with one attached hydrogen (secondary N) is 1. The first-order valence-electron chi connectivity index (χ1n) is 9.34. The molecule has 3 heterocycles. The predicted octanol–water partition coefficient (Wildman–Crippen LogP) is 2.96. The lowest BCUT2D eigenvalue weighted by Gasteiger charge is -2.33. The number of anilines is 1. The summed E-state index contributed by atoms with van der Waals surface area (Å²) in [6, 6.07) is -0.624. The molecule has 11 heteroatoms. The molecule has 2 aliphatic rings. The molecule has 2 fully saturated rings. The molecule has 2 aromatic rings. The van der Waals surface area contributed by atoms with Crippen LogP contribution in [0.1, 0.15) is 43.7 Å². The van der Waals surface area contributed by atoms with E-state index in [1.165, 1.54) is 10.7 Å². The molecule has 2 aromatic heterocycles. The van der Waals surface area contributed by atoms with Crippen molar-refractivity contribution in [2.45, 2.75) is 50.2 Å². The molecular weight excluding hydrogens is 412 g/mol. The Morgan fingerprint density at radius 1 is 1.29 bits per heavy atom. The van der Waals surface area contributed by atoms with Gasteiger partial charge in [0.2, 0.25) is 16.0 Å². The molecule has 0 spiro atoms. The zero-order valence-electron chi connectivity index (χ0n) is 15.4. The summed E-state index contributed by atoms with van der Waals surface area (Å²) in [4.78, 5) is 4.10. The summed E-state index contributed by atoms with van der Waals surface area (Å²) in [6.07, 6.45) is 5.27. The quantitative estimate of drug-likeness (QED) is 0.801. The summed E-state index contributed by atoms with van der Waals surface area (Å²) in [6.45, 7) is 0.00646. The second-order valence-electron chi connectivity index (χ2n) is 7.55. The van der Waals surface area contributed by atoms with E-state index in [1.54, 1.807) is 0 Å². The van der Waals surface area contributed by atoms with Crippen LogP contribution in [0.2, 0.25) is 5.02 Å². The first-order valence-corrected chi connectivity index (χ1v) is 11.6. The molecular formula is C17H22ClF2N5O2S. The summed E-state index contributed by atoms with van der Waals surface area (Å²) in [5.74, 6) is -0.238. The fraction of sp³-hybridized carbons (Fsp3) is 0.647. The predicted molar refractivity (Wildman–Crippen MR) is 103 cm³/mol. The highest BCUT2D eigenvalue weighted by Gasteiger charge is 2.34. The molecule has 7 nitrogen and oxygen atoms in total. The first-order chi connectivity index (χ1) is 13.3. The molecule has 154 valence electrons. The lowest BCUT2D eigenvalue weighted by Crippen LogP contribution is -2.49. The van der Waals surface area contributed by atoms with Gasteiger partial charge in [0.05, 0.1) is 24.2 Å². The van der Waals surface area contributed by atoms with Crippen LogP contribution in [0, 0.1) is 5.82 Å². The Morgan fingerprint density at radius 3 is 2.64 bits per heavy atom. The van der Waals surface area contributed by atoms with Crippen molar-refractivity contribution in [1.82, 2.24) is 18.9 Å². The number of alkyl halides is 1. The molecule has 1 saturated heterocycles. The van der Waals surface area contributed by atoms with Crippen molar-refractivity contribution in [3.8, 4) is 0 Å². The van der Waals surface area contributed by atoms with Crippen LogP contribution in [0.25, 0.3) is 5.52 Å². The second-order valence-corrected chi connectivity index (χ2v) is 9.91. The van der Waals surface area contributed by atoms with Gasteiger partial charge in [-0.3, -0.25) is 0 Å². The summed E-state index contributed by atoms with van der Waals surface area (Å²) in [5.41, 5.74) is 0.835. The van der Waals surface area contributed by atoms with Crippen LogP contribution in [-0.2, 0) is 10.0 Å². The van der Waals surface area contributed by atoms with Crippen molar-refractivity contribution in [2.75, 3.05) is 24.7 Å². The summed E-state index contributed by atoms with van der Waals surface area (Å²) >= 11 is 6.24. The molecule has 1 N–H and O–H groups in total. The Morgan fingerprint density at radius 2 is 2.00 bits per heavy atom. The molecule has 1 aliphatic carbocycles. The zero-order chi connectivity index (χ0) is 20.1. The average Bonchev–Trinajstić information content (AvgIpc) is 3.23. The van der Waals surface area contributed by atoms with Crippen molar-refractivity contribution in [3.63, 3.8) is 0 Å². The van der Waals surface area contributed by atoms with Crippen LogP contribution in [-0.4, -0.2) is 58.9 Å². The number of halogens is 3. The Bertz CT molecular complexity index is 993. The average molecular weight is 434 g/mol. The van der Waals surface area contributed by atoms with Gasteiger partial charge in [-0.15, -0.1) is 5.10 Å². The van der Waals surface area contributed by atoms with Crippen molar-refractivity contribution in [3.05, 3.63) is 22.7 Å². The molecule has 0 radical (unpaired) electrons. The number of aromatic nitrogens is 3. The minimum absolute atomic E-state index is 0.0724. The number of fused-ring (bicyclic) bond motifs is 1. The lowest BCUT2D eigenvalue weighted by atomic mass is 10.0. The SMILES string of the molecule is CS(=O)(=O)N1CC[C@@H](Nc2ncc3c(F)c(Cl)c(C4CCCC4)n3n2)[C@H](F)C1. The maximum atomic E-state index is 14.5. The monoisotopic (exact) mass is 433 g/mol. The van der Waals surface area contributed by atoms with Gasteiger partial charge in [-0.2, -0.15) is 4.31 Å². The Labute approximate surface area is 167 Å². The minimum Gasteiger partial charge on any atom is -0.347 e. The largest absolute Gasteiger partial charge is 0.347 e. The van der Waals surface area contributed by atoms with Crippen molar-refractivity contribution in [2.24, 2.45) is 0 Å². The number of sulfonamides is 1. The van der Waals surface area contributed by atoms with Gasteiger partial charge in [0, 0.05) is 19.0 Å². The van der Waals surface area contributed by atoms with Gasteiger partial charge in [-0.25, -0.2) is 26.7 Å². The molecule has 0 unspecified atom stereocenters. The van der Waals surface area contributed by atoms with Gasteiger partial charge in [0.1, 0.15) is 16.7 Å². The van der Waals surface area contributed by atoms with E-state index < -0.39 is 28.1 Å². The van der Waals surface area contributed by atoms with E-state index in [0.717, 1.165) is 36.2 Å². The van der Waals surface area contributed by atoms with Crippen LogP contribution >= 0.6 is 11.6 Å². The van der Waals surface area contributed by atoms with Crippen LogP contribution in [0.3, 0.4) is 0 Å². The third-order valence-electron chi connectivity index (χ3n) is 5.63. The molecule has 4 rings (SSSR count). The summed E-state index contributed by atoms with van der Waals surface area (Å²) in [5, 5.41) is 7.38. The first kappa shape index (κ1) is 19.8. The van der Waals surface area contributed by atoms with Gasteiger partial charge in [0.25, 0.3) is 0 Å². The highest BCUT2D eigenvalue weighted by molar-refractivity contribution is 7.88. The molecule has 0 amide bonds. The van der Waals surface area contributed by atoms with Gasteiger partial charge < -0.3 is 5.32 Å². The van der Waals surface area contributed by atoms with Crippen molar-refractivity contribution >= 4 is 33.1 Å². The van der Waals surface area contributed by atoms with E-state index in [1.807, 2.05) is 0 Å². The number of hydrogen-bond donors (Lipinski definition) is 1. The number of nitrogens with zero attached hydrogens (tertiary/aromatic N) is 4. The van der Waals surface area contributed by atoms with Crippen LogP contribution in [0.5, 0.6) is 0 Å². The maximum Gasteiger partial charge on any atom is 0.241 e. The second kappa shape index (κ2) is 7.38. The van der Waals surface area contributed by atoms with Gasteiger partial charge in [-0.1, -0.05) is 24.4 Å². The van der Waals surface area contributed by atoms with Gasteiger partial charge in [0.15, 0.2) is 5.82 Å². The Hall–Kier alpha value is -1.52. The van der Waals surface area contributed by atoms with Crippen LogP contribution < -0.4 is 5.32 Å². The van der Waals surface area contributed by atoms with E-state index >= 15 is 0 Å². The Balaban J connectivity index is 1.59. The van der Waals surface area contributed by atoms with Crippen molar-refractivity contribution < 1.29 is 17.2 Å². The summed E-state index contributed by atoms with van der Waals surface area (Å²) in [7, 11) is -3.43. The third kappa shape index (κ3) is 3.57. The van der Waals surface area contributed by atoms with E-state index in [-0.39, 0.29) is 41.9 Å². The molecule has 1 aliphatic heterocycles. The maximum absolute atomic E-state index is 14.5. The van der Waals surface area contributed by atoms with Crippen LogP contribution in [0.15, 0.2) is 6.20 Å². The smallest absolute Gasteiger partial charge is 0.241 e. The fourth-order valence-electron chi connectivity index (χ4n) is 4.13. The zero-order valence-corrected chi connectivity index (χ0v) is 17.0. The molecule has 0 bridgehead atoms. The molecule has 28 heavy (non-hydrogen) atoms. The Kier molecular flexibility index (Phi) is 5.22. The summed E-state index contributed by atoms with van der Waals surface area (Å²) < 4.78 is 54.8. The molecule has 2 atom stereocenters. The number of rotatable bonds is 4. The highest BCUT2D eigenvalue weighted by Crippen LogP contribution is 2.40. The normalized spacial score (nSPS) is 24.9. The molecule has 1 saturated carbocycles.